The molecule has 0 spiro atoms. The molecule has 1 aromatic heterocycles. The van der Waals surface area contributed by atoms with Gasteiger partial charge in [-0.2, -0.15) is 0 Å². The molecule has 4 heteroatoms. The van der Waals surface area contributed by atoms with E-state index in [2.05, 4.69) is 26.2 Å². The summed E-state index contributed by atoms with van der Waals surface area (Å²) in [6.45, 7) is 2.05. The number of aromatic nitrogens is 1. The number of nitrogens with one attached hydrogen (secondary N) is 1. The van der Waals surface area contributed by atoms with Crippen molar-refractivity contribution in [2.24, 2.45) is 0 Å². The second kappa shape index (κ2) is 6.26. The predicted molar refractivity (Wildman–Crippen MR) is 78.6 cm³/mol. The van der Waals surface area contributed by atoms with Crippen molar-refractivity contribution in [3.8, 4) is 0 Å². The van der Waals surface area contributed by atoms with Gasteiger partial charge in [0.2, 0.25) is 0 Å². The van der Waals surface area contributed by atoms with Gasteiger partial charge in [-0.1, -0.05) is 25.1 Å². The molecule has 1 heterocycles. The molecule has 0 amide bonds. The molecule has 0 saturated carbocycles. The van der Waals surface area contributed by atoms with E-state index in [1.807, 2.05) is 38.2 Å². The zero-order chi connectivity index (χ0) is 13.8. The van der Waals surface area contributed by atoms with E-state index in [4.69, 9.17) is 0 Å². The Morgan fingerprint density at radius 1 is 1.21 bits per heavy atom. The fraction of sp³-hybridized carbons (Fsp3) is 0.267. The van der Waals surface area contributed by atoms with Crippen molar-refractivity contribution in [3.63, 3.8) is 0 Å². The summed E-state index contributed by atoms with van der Waals surface area (Å²) in [5.41, 5.74) is 1.59. The van der Waals surface area contributed by atoms with E-state index in [1.54, 1.807) is 18.3 Å². The lowest BCUT2D eigenvalue weighted by Gasteiger charge is -2.24. The summed E-state index contributed by atoms with van der Waals surface area (Å²) in [6.07, 6.45) is 1.76. The molecule has 0 aliphatic carbocycles. The van der Waals surface area contributed by atoms with Crippen LogP contribution in [0, 0.1) is 5.82 Å². The molecule has 0 fully saturated rings. The lowest BCUT2D eigenvalue weighted by Crippen LogP contribution is -2.24. The zero-order valence-electron chi connectivity index (χ0n) is 10.9. The number of hydrogen-bond acceptors (Lipinski definition) is 2. The van der Waals surface area contributed by atoms with Crippen LogP contribution in [0.15, 0.2) is 47.1 Å². The molecule has 2 nitrogen and oxygen atoms in total. The minimum Gasteiger partial charge on any atom is -0.312 e. The van der Waals surface area contributed by atoms with Crippen molar-refractivity contribution in [3.05, 3.63) is 64.1 Å². The highest BCUT2D eigenvalue weighted by molar-refractivity contribution is 9.10. The van der Waals surface area contributed by atoms with Gasteiger partial charge in [-0.15, -0.1) is 0 Å². The Bertz CT molecular complexity index is 545. The molecule has 100 valence electrons. The molecule has 2 rings (SSSR count). The Morgan fingerprint density at radius 3 is 2.63 bits per heavy atom. The molecular formula is C15H16BrFN2. The summed E-state index contributed by atoms with van der Waals surface area (Å²) in [5.74, 6) is -0.139. The summed E-state index contributed by atoms with van der Waals surface area (Å²) in [6, 6.07) is 11.0. The molecule has 2 atom stereocenters. The fourth-order valence-electron chi connectivity index (χ4n) is 2.25. The summed E-state index contributed by atoms with van der Waals surface area (Å²) in [4.78, 5) is 4.35. The quantitative estimate of drug-likeness (QED) is 0.918. The Kier molecular flexibility index (Phi) is 4.66. The van der Waals surface area contributed by atoms with E-state index in [1.165, 1.54) is 0 Å². The molecule has 0 aliphatic rings. The van der Waals surface area contributed by atoms with Crippen LogP contribution in [0.1, 0.15) is 30.1 Å². The van der Waals surface area contributed by atoms with Gasteiger partial charge in [-0.3, -0.25) is 4.98 Å². The highest BCUT2D eigenvalue weighted by Gasteiger charge is 2.23. The van der Waals surface area contributed by atoms with E-state index in [-0.39, 0.29) is 17.8 Å². The first-order valence-corrected chi connectivity index (χ1v) is 6.96. The largest absolute Gasteiger partial charge is 0.312 e. The molecule has 0 saturated heterocycles. The van der Waals surface area contributed by atoms with Crippen LogP contribution in [-0.4, -0.2) is 12.0 Å². The number of pyridine rings is 1. The van der Waals surface area contributed by atoms with Crippen LogP contribution in [0.2, 0.25) is 0 Å². The summed E-state index contributed by atoms with van der Waals surface area (Å²) in [5, 5.41) is 3.18. The van der Waals surface area contributed by atoms with Crippen LogP contribution >= 0.6 is 15.9 Å². The van der Waals surface area contributed by atoms with Crippen molar-refractivity contribution in [2.75, 3.05) is 7.05 Å². The SMILES string of the molecule is CNC(c1cccc(Br)c1F)C(C)c1ccccn1. The van der Waals surface area contributed by atoms with E-state index in [0.29, 0.717) is 10.0 Å². The number of likely N-dealkylation sites (N-methyl/N-ethyl adjacent to an activating group) is 1. The summed E-state index contributed by atoms with van der Waals surface area (Å²) in [7, 11) is 1.84. The number of halogens is 2. The maximum atomic E-state index is 14.2. The fourth-order valence-corrected chi connectivity index (χ4v) is 2.63. The second-order valence-electron chi connectivity index (χ2n) is 4.45. The molecule has 19 heavy (non-hydrogen) atoms. The Morgan fingerprint density at radius 2 is 2.00 bits per heavy atom. The van der Waals surface area contributed by atoms with Crippen molar-refractivity contribution in [2.45, 2.75) is 18.9 Å². The van der Waals surface area contributed by atoms with Crippen molar-refractivity contribution < 1.29 is 4.39 Å². The minimum atomic E-state index is -0.218. The van der Waals surface area contributed by atoms with Gasteiger partial charge in [0.1, 0.15) is 5.82 Å². The molecule has 0 aliphatic heterocycles. The van der Waals surface area contributed by atoms with E-state index >= 15 is 0 Å². The van der Waals surface area contributed by atoms with Gasteiger partial charge in [0.15, 0.2) is 0 Å². The molecule has 0 radical (unpaired) electrons. The maximum absolute atomic E-state index is 14.2. The summed E-state index contributed by atoms with van der Waals surface area (Å²) < 4.78 is 14.7. The van der Waals surface area contributed by atoms with E-state index in [0.717, 1.165) is 5.69 Å². The van der Waals surface area contributed by atoms with Crippen molar-refractivity contribution in [1.82, 2.24) is 10.3 Å². The smallest absolute Gasteiger partial charge is 0.142 e. The first-order valence-electron chi connectivity index (χ1n) is 6.17. The van der Waals surface area contributed by atoms with Gasteiger partial charge in [0, 0.05) is 29.4 Å². The second-order valence-corrected chi connectivity index (χ2v) is 5.31. The maximum Gasteiger partial charge on any atom is 0.142 e. The van der Waals surface area contributed by atoms with E-state index < -0.39 is 0 Å². The minimum absolute atomic E-state index is 0.0787. The average Bonchev–Trinajstić information content (AvgIpc) is 2.45. The highest BCUT2D eigenvalue weighted by Crippen LogP contribution is 2.32. The van der Waals surface area contributed by atoms with Gasteiger partial charge < -0.3 is 5.32 Å². The van der Waals surface area contributed by atoms with Gasteiger partial charge in [-0.25, -0.2) is 4.39 Å². The van der Waals surface area contributed by atoms with Crippen LogP contribution in [0.5, 0.6) is 0 Å². The monoisotopic (exact) mass is 322 g/mol. The third-order valence-corrected chi connectivity index (χ3v) is 3.89. The predicted octanol–water partition coefficient (Wildman–Crippen LogP) is 4.05. The van der Waals surface area contributed by atoms with Crippen LogP contribution in [-0.2, 0) is 0 Å². The van der Waals surface area contributed by atoms with Gasteiger partial charge in [-0.05, 0) is 41.2 Å². The first kappa shape index (κ1) is 14.2. The topological polar surface area (TPSA) is 24.9 Å². The lowest BCUT2D eigenvalue weighted by molar-refractivity contribution is 0.470. The van der Waals surface area contributed by atoms with Crippen molar-refractivity contribution in [1.29, 1.82) is 0 Å². The molecule has 0 bridgehead atoms. The summed E-state index contributed by atoms with van der Waals surface area (Å²) >= 11 is 3.23. The van der Waals surface area contributed by atoms with Gasteiger partial charge in [0.05, 0.1) is 4.47 Å². The van der Waals surface area contributed by atoms with Crippen LogP contribution in [0.4, 0.5) is 4.39 Å². The zero-order valence-corrected chi connectivity index (χ0v) is 12.5. The van der Waals surface area contributed by atoms with Gasteiger partial charge >= 0.3 is 0 Å². The molecule has 1 N–H and O–H groups in total. The van der Waals surface area contributed by atoms with Crippen LogP contribution < -0.4 is 5.32 Å². The standard InChI is InChI=1S/C15H16BrFN2/c1-10(13-8-3-4-9-19-13)15(18-2)11-6-5-7-12(16)14(11)17/h3-10,15,18H,1-2H3. The van der Waals surface area contributed by atoms with E-state index in [9.17, 15) is 4.39 Å². The normalized spacial score (nSPS) is 14.1. The molecule has 1 aromatic carbocycles. The third-order valence-electron chi connectivity index (χ3n) is 3.28. The Balaban J connectivity index is 2.37. The number of rotatable bonds is 4. The Hall–Kier alpha value is -1.26. The molecular weight excluding hydrogens is 307 g/mol. The van der Waals surface area contributed by atoms with Crippen molar-refractivity contribution >= 4 is 15.9 Å². The number of benzene rings is 1. The van der Waals surface area contributed by atoms with Crippen LogP contribution in [0.3, 0.4) is 0 Å². The van der Waals surface area contributed by atoms with Crippen LogP contribution in [0.25, 0.3) is 0 Å². The Labute approximate surface area is 121 Å². The number of nitrogens with zero attached hydrogens (tertiary/aromatic N) is 1. The highest BCUT2D eigenvalue weighted by atomic mass is 79.9. The average molecular weight is 323 g/mol. The van der Waals surface area contributed by atoms with Gasteiger partial charge in [0.25, 0.3) is 0 Å². The molecule has 2 aromatic rings. The third kappa shape index (κ3) is 3.01. The molecule has 2 unspecified atom stereocenters. The number of hydrogen-bond donors (Lipinski definition) is 1. The first-order chi connectivity index (χ1) is 9.15. The lowest BCUT2D eigenvalue weighted by atomic mass is 9.91.